The molecule has 4 rings (SSSR count). The van der Waals surface area contributed by atoms with Crippen LogP contribution in [0.3, 0.4) is 0 Å². The molecular formula is C21H22N2O3. The Morgan fingerprint density at radius 2 is 1.92 bits per heavy atom. The largest absolute Gasteiger partial charge is 0.454 e. The number of hydrogen-bond acceptors (Lipinski definition) is 4. The predicted molar refractivity (Wildman–Crippen MR) is 99.9 cm³/mol. The fraction of sp³-hybridized carbons (Fsp3) is 0.286. The van der Waals surface area contributed by atoms with E-state index >= 15 is 0 Å². The molecule has 2 aromatic carbocycles. The van der Waals surface area contributed by atoms with Crippen molar-refractivity contribution >= 4 is 11.5 Å². The van der Waals surface area contributed by atoms with Crippen molar-refractivity contribution in [3.8, 4) is 11.5 Å². The van der Waals surface area contributed by atoms with Crippen molar-refractivity contribution in [2.45, 2.75) is 13.0 Å². The fourth-order valence-electron chi connectivity index (χ4n) is 3.28. The van der Waals surface area contributed by atoms with E-state index < -0.39 is 0 Å². The maximum absolute atomic E-state index is 12.2. The number of benzene rings is 2. The SMILES string of the molecule is O=C(CN1CC=C(c2ccccc2)CC1)NCc1ccc2c(c1)OCO2. The standard InChI is InChI=1S/C21H22N2O3/c24-21(22-13-16-6-7-19-20(12-16)26-15-25-19)14-23-10-8-18(9-11-23)17-4-2-1-3-5-17/h1-8,12H,9-11,13-15H2,(H,22,24). The molecule has 134 valence electrons. The van der Waals surface area contributed by atoms with Crippen LogP contribution in [0.15, 0.2) is 54.6 Å². The van der Waals surface area contributed by atoms with E-state index in [9.17, 15) is 4.79 Å². The van der Waals surface area contributed by atoms with Crippen LogP contribution >= 0.6 is 0 Å². The minimum Gasteiger partial charge on any atom is -0.454 e. The van der Waals surface area contributed by atoms with E-state index in [2.05, 4.69) is 40.6 Å². The minimum absolute atomic E-state index is 0.0410. The van der Waals surface area contributed by atoms with Crippen molar-refractivity contribution < 1.29 is 14.3 Å². The van der Waals surface area contributed by atoms with Gasteiger partial charge in [0, 0.05) is 19.6 Å². The molecule has 1 amide bonds. The number of nitrogens with one attached hydrogen (secondary N) is 1. The third kappa shape index (κ3) is 3.89. The Morgan fingerprint density at radius 3 is 2.73 bits per heavy atom. The van der Waals surface area contributed by atoms with Crippen LogP contribution in [0.1, 0.15) is 17.5 Å². The van der Waals surface area contributed by atoms with Gasteiger partial charge in [-0.2, -0.15) is 0 Å². The van der Waals surface area contributed by atoms with E-state index in [0.29, 0.717) is 13.1 Å². The molecule has 2 aliphatic heterocycles. The number of carbonyl (C=O) groups is 1. The number of rotatable bonds is 5. The lowest BCUT2D eigenvalue weighted by Crippen LogP contribution is -2.39. The van der Waals surface area contributed by atoms with Crippen molar-refractivity contribution in [2.75, 3.05) is 26.4 Å². The molecular weight excluding hydrogens is 328 g/mol. The summed E-state index contributed by atoms with van der Waals surface area (Å²) in [4.78, 5) is 14.4. The van der Waals surface area contributed by atoms with Crippen molar-refractivity contribution in [3.05, 3.63) is 65.7 Å². The van der Waals surface area contributed by atoms with Crippen LogP contribution in [0.5, 0.6) is 11.5 Å². The minimum atomic E-state index is 0.0410. The Hall–Kier alpha value is -2.79. The van der Waals surface area contributed by atoms with Crippen LogP contribution in [0, 0.1) is 0 Å². The highest BCUT2D eigenvalue weighted by molar-refractivity contribution is 5.78. The summed E-state index contributed by atoms with van der Waals surface area (Å²) in [6, 6.07) is 16.2. The molecule has 5 nitrogen and oxygen atoms in total. The Balaban J connectivity index is 1.26. The highest BCUT2D eigenvalue weighted by Gasteiger charge is 2.16. The highest BCUT2D eigenvalue weighted by Crippen LogP contribution is 2.32. The molecule has 0 unspecified atom stereocenters. The van der Waals surface area contributed by atoms with Crippen LogP contribution in [-0.2, 0) is 11.3 Å². The predicted octanol–water partition coefficient (Wildman–Crippen LogP) is 2.82. The zero-order valence-electron chi connectivity index (χ0n) is 14.6. The van der Waals surface area contributed by atoms with Crippen LogP contribution in [0.2, 0.25) is 0 Å². The van der Waals surface area contributed by atoms with Gasteiger partial charge in [0.2, 0.25) is 12.7 Å². The van der Waals surface area contributed by atoms with Gasteiger partial charge in [-0.1, -0.05) is 42.5 Å². The molecule has 1 N–H and O–H groups in total. The van der Waals surface area contributed by atoms with E-state index in [1.807, 2.05) is 24.3 Å². The second-order valence-electron chi connectivity index (χ2n) is 6.54. The van der Waals surface area contributed by atoms with Crippen molar-refractivity contribution in [2.24, 2.45) is 0 Å². The van der Waals surface area contributed by atoms with Gasteiger partial charge in [0.15, 0.2) is 11.5 Å². The molecule has 2 heterocycles. The summed E-state index contributed by atoms with van der Waals surface area (Å²) in [5.41, 5.74) is 3.65. The number of fused-ring (bicyclic) bond motifs is 1. The molecule has 0 aromatic heterocycles. The molecule has 2 aromatic rings. The Labute approximate surface area is 153 Å². The molecule has 5 heteroatoms. The number of carbonyl (C=O) groups excluding carboxylic acids is 1. The molecule has 0 bridgehead atoms. The first kappa shape index (κ1) is 16.7. The van der Waals surface area contributed by atoms with Crippen LogP contribution in [0.25, 0.3) is 5.57 Å². The molecule has 0 radical (unpaired) electrons. The van der Waals surface area contributed by atoms with Crippen molar-refractivity contribution in [3.63, 3.8) is 0 Å². The van der Waals surface area contributed by atoms with Crippen LogP contribution in [-0.4, -0.2) is 37.2 Å². The molecule has 0 fully saturated rings. The van der Waals surface area contributed by atoms with Gasteiger partial charge in [0.1, 0.15) is 0 Å². The Bertz CT molecular complexity index is 817. The van der Waals surface area contributed by atoms with Crippen molar-refractivity contribution in [1.29, 1.82) is 0 Å². The smallest absolute Gasteiger partial charge is 0.234 e. The third-order valence-electron chi connectivity index (χ3n) is 4.73. The van der Waals surface area contributed by atoms with E-state index in [1.54, 1.807) is 0 Å². The number of nitrogens with zero attached hydrogens (tertiary/aromatic N) is 1. The molecule has 0 saturated heterocycles. The van der Waals surface area contributed by atoms with Gasteiger partial charge in [-0.15, -0.1) is 0 Å². The topological polar surface area (TPSA) is 50.8 Å². The van der Waals surface area contributed by atoms with Gasteiger partial charge in [-0.3, -0.25) is 9.69 Å². The summed E-state index contributed by atoms with van der Waals surface area (Å²) in [5, 5.41) is 2.98. The monoisotopic (exact) mass is 350 g/mol. The van der Waals surface area contributed by atoms with E-state index in [-0.39, 0.29) is 12.7 Å². The van der Waals surface area contributed by atoms with Gasteiger partial charge in [0.05, 0.1) is 6.54 Å². The Morgan fingerprint density at radius 1 is 1.08 bits per heavy atom. The molecule has 26 heavy (non-hydrogen) atoms. The zero-order valence-corrected chi connectivity index (χ0v) is 14.6. The summed E-state index contributed by atoms with van der Waals surface area (Å²) in [7, 11) is 0. The fourth-order valence-corrected chi connectivity index (χ4v) is 3.28. The van der Waals surface area contributed by atoms with E-state index in [4.69, 9.17) is 9.47 Å². The quantitative estimate of drug-likeness (QED) is 0.901. The maximum Gasteiger partial charge on any atom is 0.234 e. The second-order valence-corrected chi connectivity index (χ2v) is 6.54. The Kier molecular flexibility index (Phi) is 4.88. The lowest BCUT2D eigenvalue weighted by atomic mass is 10.00. The molecule has 0 aliphatic carbocycles. The first-order chi connectivity index (χ1) is 12.8. The molecule has 2 aliphatic rings. The first-order valence-corrected chi connectivity index (χ1v) is 8.90. The van der Waals surface area contributed by atoms with E-state index in [1.165, 1.54) is 11.1 Å². The lowest BCUT2D eigenvalue weighted by Gasteiger charge is -2.25. The molecule has 0 spiro atoms. The third-order valence-corrected chi connectivity index (χ3v) is 4.73. The molecule has 0 atom stereocenters. The highest BCUT2D eigenvalue weighted by atomic mass is 16.7. The van der Waals surface area contributed by atoms with Gasteiger partial charge >= 0.3 is 0 Å². The summed E-state index contributed by atoms with van der Waals surface area (Å²) in [5.74, 6) is 1.54. The van der Waals surface area contributed by atoms with Gasteiger partial charge in [0.25, 0.3) is 0 Å². The van der Waals surface area contributed by atoms with Gasteiger partial charge in [-0.25, -0.2) is 0 Å². The average Bonchev–Trinajstić information content (AvgIpc) is 3.15. The summed E-state index contributed by atoms with van der Waals surface area (Å²) < 4.78 is 10.7. The number of ether oxygens (including phenoxy) is 2. The van der Waals surface area contributed by atoms with Gasteiger partial charge < -0.3 is 14.8 Å². The van der Waals surface area contributed by atoms with E-state index in [0.717, 1.165) is 36.6 Å². The van der Waals surface area contributed by atoms with Crippen LogP contribution < -0.4 is 14.8 Å². The zero-order chi connectivity index (χ0) is 17.8. The summed E-state index contributed by atoms with van der Waals surface area (Å²) in [6.07, 6.45) is 3.20. The second kappa shape index (κ2) is 7.62. The first-order valence-electron chi connectivity index (χ1n) is 8.90. The lowest BCUT2D eigenvalue weighted by molar-refractivity contribution is -0.122. The van der Waals surface area contributed by atoms with Crippen LogP contribution in [0.4, 0.5) is 0 Å². The summed E-state index contributed by atoms with van der Waals surface area (Å²) >= 11 is 0. The average molecular weight is 350 g/mol. The molecule has 0 saturated carbocycles. The number of amides is 1. The number of hydrogen-bond donors (Lipinski definition) is 1. The normalized spacial score (nSPS) is 16.2. The van der Waals surface area contributed by atoms with Crippen molar-refractivity contribution in [1.82, 2.24) is 10.2 Å². The van der Waals surface area contributed by atoms with Gasteiger partial charge in [-0.05, 0) is 35.3 Å². The maximum atomic E-state index is 12.2. The summed E-state index contributed by atoms with van der Waals surface area (Å²) in [6.45, 7) is 2.88.